The van der Waals surface area contributed by atoms with Gasteiger partial charge in [0.05, 0.1) is 19.3 Å². The average molecular weight is 393 g/mol. The molecule has 1 aromatic heterocycles. The first-order valence-electron chi connectivity index (χ1n) is 8.94. The number of aromatic nitrogens is 2. The van der Waals surface area contributed by atoms with E-state index in [1.54, 1.807) is 0 Å². The molecule has 2 aromatic rings. The van der Waals surface area contributed by atoms with Crippen LogP contribution in [0.5, 0.6) is 0 Å². The van der Waals surface area contributed by atoms with Crippen molar-refractivity contribution >= 4 is 28.2 Å². The van der Waals surface area contributed by atoms with Gasteiger partial charge in [-0.1, -0.05) is 18.2 Å². The van der Waals surface area contributed by atoms with Crippen LogP contribution in [-0.4, -0.2) is 35.8 Å². The predicted octanol–water partition coefficient (Wildman–Crippen LogP) is 3.41. The molecule has 0 spiro atoms. The molecular weight excluding hydrogens is 370 g/mol. The zero-order chi connectivity index (χ0) is 18.3. The summed E-state index contributed by atoms with van der Waals surface area (Å²) in [6.07, 6.45) is 1.73. The Morgan fingerprint density at radius 1 is 1.31 bits per heavy atom. The molecular formula is C19H23ClN3O2S+. The lowest BCUT2D eigenvalue weighted by atomic mass is 10.2. The Morgan fingerprint density at radius 3 is 2.77 bits per heavy atom. The molecule has 1 unspecified atom stereocenters. The smallest absolute Gasteiger partial charge is 0.224 e. The molecule has 0 radical (unpaired) electrons. The normalized spacial score (nSPS) is 22.9. The monoisotopic (exact) mass is 392 g/mol. The molecule has 1 aliphatic carbocycles. The van der Waals surface area contributed by atoms with Crippen molar-refractivity contribution in [3.05, 3.63) is 46.9 Å². The van der Waals surface area contributed by atoms with E-state index in [1.165, 1.54) is 0 Å². The van der Waals surface area contributed by atoms with Crippen LogP contribution in [0.3, 0.4) is 0 Å². The van der Waals surface area contributed by atoms with E-state index in [9.17, 15) is 4.21 Å². The average Bonchev–Trinajstić information content (AvgIpc) is 3.43. The minimum absolute atomic E-state index is 0.218. The van der Waals surface area contributed by atoms with Crippen LogP contribution in [0.4, 0.5) is 5.82 Å². The first kappa shape index (κ1) is 17.9. The number of anilines is 1. The van der Waals surface area contributed by atoms with Gasteiger partial charge in [-0.05, 0) is 31.5 Å². The van der Waals surface area contributed by atoms with E-state index in [1.807, 2.05) is 37.3 Å². The summed E-state index contributed by atoms with van der Waals surface area (Å²) in [6, 6.07) is 10.1. The molecule has 26 heavy (non-hydrogen) atoms. The number of benzene rings is 1. The van der Waals surface area contributed by atoms with Crippen molar-refractivity contribution in [2.24, 2.45) is 0 Å². The van der Waals surface area contributed by atoms with Crippen molar-refractivity contribution in [1.82, 2.24) is 9.97 Å². The first-order chi connectivity index (χ1) is 12.5. The van der Waals surface area contributed by atoms with Crippen LogP contribution < -0.4 is 4.90 Å². The Balaban J connectivity index is 1.71. The van der Waals surface area contributed by atoms with Crippen molar-refractivity contribution in [1.29, 1.82) is 0 Å². The fourth-order valence-electron chi connectivity index (χ4n) is 3.56. The summed E-state index contributed by atoms with van der Waals surface area (Å²) in [5.41, 5.74) is 1.86. The fraction of sp³-hybridized carbons (Fsp3) is 0.474. The molecule has 1 aliphatic heterocycles. The number of thiol groups is 1. The molecule has 2 fully saturated rings. The second-order valence-electron chi connectivity index (χ2n) is 7.11. The molecule has 0 amide bonds. The van der Waals surface area contributed by atoms with Gasteiger partial charge in [0.15, 0.2) is 9.64 Å². The summed E-state index contributed by atoms with van der Waals surface area (Å²) in [6.45, 7) is 6.22. The highest BCUT2D eigenvalue weighted by atomic mass is 35.5. The quantitative estimate of drug-likeness (QED) is 0.453. The third-order valence-corrected chi connectivity index (χ3v) is 7.83. The van der Waals surface area contributed by atoms with Gasteiger partial charge < -0.3 is 9.64 Å². The van der Waals surface area contributed by atoms with Crippen molar-refractivity contribution in [2.75, 3.05) is 24.7 Å². The second-order valence-corrected chi connectivity index (χ2v) is 9.37. The van der Waals surface area contributed by atoms with E-state index in [0.29, 0.717) is 13.2 Å². The Bertz CT molecular complexity index is 856. The van der Waals surface area contributed by atoms with Gasteiger partial charge in [0, 0.05) is 31.0 Å². The Hall–Kier alpha value is -1.50. The van der Waals surface area contributed by atoms with Gasteiger partial charge in [-0.3, -0.25) is 0 Å². The number of morpholine rings is 1. The molecule has 2 heterocycles. The number of aryl methyl sites for hydroxylation is 1. The van der Waals surface area contributed by atoms with Gasteiger partial charge >= 0.3 is 0 Å². The molecule has 2 aliphatic rings. The van der Waals surface area contributed by atoms with Crippen LogP contribution in [-0.2, 0) is 24.5 Å². The maximum absolute atomic E-state index is 13.4. The molecule has 2 atom stereocenters. The summed E-state index contributed by atoms with van der Waals surface area (Å²) in [7, 11) is -1.60. The van der Waals surface area contributed by atoms with Gasteiger partial charge in [0.1, 0.15) is 22.3 Å². The summed E-state index contributed by atoms with van der Waals surface area (Å²) in [5, 5.41) is 0.218. The lowest BCUT2D eigenvalue weighted by molar-refractivity contribution is 0.0985. The number of hydrogen-bond donors (Lipinski definition) is 0. The van der Waals surface area contributed by atoms with Crippen LogP contribution in [0.15, 0.2) is 35.2 Å². The molecule has 1 saturated heterocycles. The lowest BCUT2D eigenvalue weighted by Crippen LogP contribution is -2.44. The fourth-order valence-corrected chi connectivity index (χ4v) is 5.66. The number of rotatable bonds is 4. The molecule has 4 rings (SSSR count). The summed E-state index contributed by atoms with van der Waals surface area (Å²) in [5.74, 6) is 0.801. The third-order valence-electron chi connectivity index (χ3n) is 5.27. The van der Waals surface area contributed by atoms with Crippen LogP contribution in [0, 0.1) is 6.92 Å². The Labute approximate surface area is 161 Å². The Kier molecular flexibility index (Phi) is 4.75. The molecule has 7 heteroatoms. The highest BCUT2D eigenvalue weighted by Gasteiger charge is 2.58. The minimum atomic E-state index is -1.60. The molecule has 0 bridgehead atoms. The van der Waals surface area contributed by atoms with E-state index in [2.05, 4.69) is 21.8 Å². The number of ether oxygens (including phenoxy) is 1. The zero-order valence-corrected chi connectivity index (χ0v) is 16.6. The SMILES string of the molecule is Cc1ccccc1[SH+](=O)C1(c2cc(N3CCOC[C@@H]3C)nc(Cl)n2)CC1. The summed E-state index contributed by atoms with van der Waals surface area (Å²) in [4.78, 5) is 12.0. The first-order valence-corrected chi connectivity index (χ1v) is 10.6. The van der Waals surface area contributed by atoms with Gasteiger partial charge in [-0.15, -0.1) is 4.21 Å². The van der Waals surface area contributed by atoms with E-state index in [-0.39, 0.29) is 11.3 Å². The van der Waals surface area contributed by atoms with Crippen molar-refractivity contribution in [2.45, 2.75) is 42.4 Å². The van der Waals surface area contributed by atoms with E-state index < -0.39 is 15.5 Å². The van der Waals surface area contributed by atoms with Gasteiger partial charge in [-0.25, -0.2) is 9.97 Å². The predicted molar refractivity (Wildman–Crippen MR) is 104 cm³/mol. The molecule has 0 N–H and O–H groups in total. The minimum Gasteiger partial charge on any atom is -0.377 e. The van der Waals surface area contributed by atoms with Crippen molar-refractivity contribution in [3.8, 4) is 0 Å². The number of nitrogens with zero attached hydrogens (tertiary/aromatic N) is 3. The van der Waals surface area contributed by atoms with Crippen molar-refractivity contribution < 1.29 is 8.95 Å². The van der Waals surface area contributed by atoms with Crippen LogP contribution >= 0.6 is 11.6 Å². The lowest BCUT2D eigenvalue weighted by Gasteiger charge is -2.34. The van der Waals surface area contributed by atoms with E-state index in [4.69, 9.17) is 16.3 Å². The Morgan fingerprint density at radius 2 is 2.08 bits per heavy atom. The van der Waals surface area contributed by atoms with Crippen LogP contribution in [0.25, 0.3) is 0 Å². The maximum Gasteiger partial charge on any atom is 0.224 e. The molecule has 1 saturated carbocycles. The third kappa shape index (κ3) is 3.15. The van der Waals surface area contributed by atoms with Gasteiger partial charge in [-0.2, -0.15) is 0 Å². The molecule has 5 nitrogen and oxygen atoms in total. The van der Waals surface area contributed by atoms with Gasteiger partial charge in [0.2, 0.25) is 5.28 Å². The van der Waals surface area contributed by atoms with Crippen molar-refractivity contribution in [3.63, 3.8) is 0 Å². The standard InChI is InChI=1S/C19H22ClN3O2S/c1-13-5-3-4-6-15(13)26(24)19(7-8-19)16-11-17(22-18(20)21-16)23-9-10-25-12-14(23)2/h3-6,11,14H,7-10,12H2,1-2H3/p+1/t14-,26?/m0/s1. The number of halogens is 1. The molecule has 138 valence electrons. The molecule has 1 aromatic carbocycles. The zero-order valence-electron chi connectivity index (χ0n) is 15.0. The van der Waals surface area contributed by atoms with Crippen LogP contribution in [0.2, 0.25) is 5.28 Å². The van der Waals surface area contributed by atoms with Gasteiger partial charge in [0.25, 0.3) is 0 Å². The largest absolute Gasteiger partial charge is 0.377 e. The highest BCUT2D eigenvalue weighted by Crippen LogP contribution is 2.53. The van der Waals surface area contributed by atoms with Crippen LogP contribution in [0.1, 0.15) is 31.0 Å². The summed E-state index contributed by atoms with van der Waals surface area (Å²) < 4.78 is 18.5. The topological polar surface area (TPSA) is 55.3 Å². The maximum atomic E-state index is 13.4. The second kappa shape index (κ2) is 6.91. The number of hydrogen-bond acceptors (Lipinski definition) is 5. The highest BCUT2D eigenvalue weighted by molar-refractivity contribution is 7.86. The van der Waals surface area contributed by atoms with E-state index >= 15 is 0 Å². The summed E-state index contributed by atoms with van der Waals surface area (Å²) >= 11 is 6.26. The van der Waals surface area contributed by atoms with E-state index in [0.717, 1.165) is 41.4 Å².